The molecule has 0 radical (unpaired) electrons. The van der Waals surface area contributed by atoms with Gasteiger partial charge in [0.15, 0.2) is 5.96 Å². The number of aliphatic imine (C=N–C) groups is 1. The number of guanidine groups is 1. The summed E-state index contributed by atoms with van der Waals surface area (Å²) in [4.78, 5) is 186. The van der Waals surface area contributed by atoms with Crippen molar-refractivity contribution in [1.29, 1.82) is 0 Å². The summed E-state index contributed by atoms with van der Waals surface area (Å²) in [6.07, 6.45) is 4.19. The zero-order valence-electron chi connectivity index (χ0n) is 55.7. The zero-order valence-corrected chi connectivity index (χ0v) is 56.5. The molecule has 2 aromatic carbocycles. The van der Waals surface area contributed by atoms with Gasteiger partial charge in [-0.2, -0.15) is 11.8 Å². The van der Waals surface area contributed by atoms with Crippen molar-refractivity contribution in [2.45, 2.75) is 196 Å². The van der Waals surface area contributed by atoms with Crippen molar-refractivity contribution < 1.29 is 62.3 Å². The first-order valence-corrected chi connectivity index (χ1v) is 34.6. The molecule has 534 valence electrons. The maximum absolute atomic E-state index is 15.1. The molecule has 97 heavy (non-hydrogen) atoms. The summed E-state index contributed by atoms with van der Waals surface area (Å²) >= 11 is 1.46. The topological polar surface area (TPSA) is 519 Å². The number of fused-ring (bicyclic) bond motifs is 1. The Morgan fingerprint density at radius 1 is 0.577 bits per heavy atom. The van der Waals surface area contributed by atoms with Gasteiger partial charge >= 0.3 is 0 Å². The van der Waals surface area contributed by atoms with Crippen LogP contribution in [0, 0.1) is 5.92 Å². The lowest BCUT2D eigenvalue weighted by atomic mass is 9.91. The van der Waals surface area contributed by atoms with E-state index in [-0.39, 0.29) is 76.6 Å². The van der Waals surface area contributed by atoms with Gasteiger partial charge in [0, 0.05) is 44.8 Å². The van der Waals surface area contributed by atoms with Gasteiger partial charge in [-0.3, -0.25) is 67.3 Å². The summed E-state index contributed by atoms with van der Waals surface area (Å²) in [5.74, 6) is -10.4. The highest BCUT2D eigenvalue weighted by atomic mass is 32.2. The summed E-state index contributed by atoms with van der Waals surface area (Å²) in [6, 6.07) is 3.43. The number of aryl methyl sites for hydroxylation is 1. The average Bonchev–Trinajstić information content (AvgIpc) is 1.70. The van der Waals surface area contributed by atoms with Crippen molar-refractivity contribution in [3.63, 3.8) is 0 Å². The van der Waals surface area contributed by atoms with Crippen LogP contribution >= 0.6 is 11.8 Å². The first-order chi connectivity index (χ1) is 46.2. The summed E-state index contributed by atoms with van der Waals surface area (Å²) < 4.78 is 0. The molecule has 31 nitrogen and oxygen atoms in total. The predicted molar refractivity (Wildman–Crippen MR) is 363 cm³/mol. The van der Waals surface area contributed by atoms with E-state index < -0.39 is 175 Å². The van der Waals surface area contributed by atoms with E-state index in [0.29, 0.717) is 68.2 Å². The van der Waals surface area contributed by atoms with E-state index in [0.717, 1.165) is 5.56 Å². The second-order valence-electron chi connectivity index (χ2n) is 25.2. The fourth-order valence-corrected chi connectivity index (χ4v) is 12.7. The van der Waals surface area contributed by atoms with Crippen LogP contribution in [0.2, 0.25) is 0 Å². The second-order valence-corrected chi connectivity index (χ2v) is 26.2. The number of amides is 13. The summed E-state index contributed by atoms with van der Waals surface area (Å²) in [5, 5.41) is 21.5. The third-order valence-electron chi connectivity index (χ3n) is 17.3. The summed E-state index contributed by atoms with van der Waals surface area (Å²) in [5.41, 5.74) is 41.8. The minimum atomic E-state index is -1.64. The molecule has 13 amide bonds. The fourth-order valence-electron chi connectivity index (χ4n) is 12.2. The van der Waals surface area contributed by atoms with Crippen LogP contribution in [0.5, 0.6) is 0 Å². The van der Waals surface area contributed by atoms with Crippen molar-refractivity contribution in [2.24, 2.45) is 51.0 Å². The van der Waals surface area contributed by atoms with E-state index in [2.05, 4.69) is 47.5 Å². The quantitative estimate of drug-likeness (QED) is 0.0177. The van der Waals surface area contributed by atoms with E-state index in [1.54, 1.807) is 42.5 Å². The highest BCUT2D eigenvalue weighted by Crippen LogP contribution is 2.36. The molecule has 2 aliphatic heterocycles. The third-order valence-corrected chi connectivity index (χ3v) is 17.9. The maximum Gasteiger partial charge on any atom is 0.245 e. The Morgan fingerprint density at radius 2 is 1.14 bits per heavy atom. The number of nitrogens with zero attached hydrogens (tertiary/aromatic N) is 3. The first-order valence-electron chi connectivity index (χ1n) is 33.2. The number of hydrogen-bond acceptors (Lipinski definition) is 17. The van der Waals surface area contributed by atoms with Crippen molar-refractivity contribution in [3.8, 4) is 0 Å². The van der Waals surface area contributed by atoms with E-state index in [1.165, 1.54) is 21.6 Å². The van der Waals surface area contributed by atoms with Gasteiger partial charge in [0.05, 0.1) is 12.6 Å². The Kier molecular flexibility index (Phi) is 32.5. The monoisotopic (exact) mass is 1370 g/mol. The number of rotatable bonds is 41. The Balaban J connectivity index is 1.37. The molecule has 5 rings (SSSR count). The zero-order chi connectivity index (χ0) is 71.3. The average molecular weight is 1370 g/mol. The minimum Gasteiger partial charge on any atom is -0.370 e. The van der Waals surface area contributed by atoms with E-state index in [1.807, 2.05) is 32.2 Å². The Bertz CT molecular complexity index is 3100. The fraction of sp³-hybridized carbons (Fsp3) is 0.600. The highest BCUT2D eigenvalue weighted by molar-refractivity contribution is 7.98. The van der Waals surface area contributed by atoms with Crippen LogP contribution < -0.4 is 82.7 Å². The minimum absolute atomic E-state index is 0.0761. The van der Waals surface area contributed by atoms with E-state index in [4.69, 9.17) is 40.1 Å². The Morgan fingerprint density at radius 3 is 1.74 bits per heavy atom. The molecule has 0 bridgehead atoms. The lowest BCUT2D eigenvalue weighted by Gasteiger charge is -2.32. The van der Waals surface area contributed by atoms with Crippen molar-refractivity contribution in [1.82, 2.24) is 52.3 Å². The molecule has 2 heterocycles. The number of likely N-dealkylation sites (tertiary alicyclic amines) is 2. The van der Waals surface area contributed by atoms with Crippen LogP contribution in [-0.4, -0.2) is 198 Å². The lowest BCUT2D eigenvalue weighted by Crippen LogP contribution is -2.61. The predicted octanol–water partition coefficient (Wildman–Crippen LogP) is -3.22. The first kappa shape index (κ1) is 78.8. The third kappa shape index (κ3) is 25.2. The van der Waals surface area contributed by atoms with E-state index in [9.17, 15) is 57.5 Å². The number of hydrogen-bond donors (Lipinski definition) is 15. The van der Waals surface area contributed by atoms with Gasteiger partial charge in [0.2, 0.25) is 76.8 Å². The van der Waals surface area contributed by atoms with Crippen molar-refractivity contribution in [3.05, 3.63) is 71.3 Å². The van der Waals surface area contributed by atoms with Gasteiger partial charge in [-0.05, 0) is 137 Å². The van der Waals surface area contributed by atoms with Gasteiger partial charge < -0.3 is 92.5 Å². The molecule has 0 aromatic heterocycles. The lowest BCUT2D eigenvalue weighted by molar-refractivity contribution is -0.144. The number of primary amides is 3. The van der Waals surface area contributed by atoms with Gasteiger partial charge in [-0.15, -0.1) is 0 Å². The SMILES string of the molecule is CSCC[C@H](NC(=O)[C@H](CC(C)C)NC(=O)CNC(=O)[C@H](Cc1ccccc1)NC(=O)[C@@H](NC(=O)[C@H](CCC(N)=O)NC(=O)[C@H](CCC(N)=O)NC(=O)[C@@H]1CCCN1C(=O)[C@H](CCCCN)NC(=O)[C@@H]1CCCN1C(=O)[C@@H](N)CCCN=C(N)N)[C@H]1CCc2ccccc21)C(N)=O. The number of thioether (sulfide) groups is 1. The standard InChI is InChI=1S/C65H100N18O13S/c1-37(2)34-47(59(91)76-43(55(70)87)28-33-97-3)75-53(86)36-74-56(88)48(35-38-14-5-4-6-15-38)80-62(94)54(41-23-22-39-16-7-8-17-40(39)41)81-58(90)45(25-27-52(69)85)77-57(89)44(24-26-51(68)84)78-60(92)50-21-13-32-83(50)64(96)46(19-9-10-29-66)79-61(93)49-20-12-31-82(49)63(95)42(67)18-11-30-73-65(71)72/h4-8,14-17,37,41-50,54H,9-13,18-36,66-67H2,1-3H3,(H2,68,84)(H2,69,85)(H2,70,87)(H,74,88)(H,75,86)(H,76,91)(H,77,89)(H,78,92)(H,79,93)(H,80,94)(H,81,90)(H4,71,72,73)/t41-,42-,43-,44-,45-,46-,47-,48-,49-,50-,54-/m0/s1. The molecule has 0 saturated carbocycles. The molecule has 2 fully saturated rings. The van der Waals surface area contributed by atoms with Gasteiger partial charge in [-0.1, -0.05) is 68.4 Å². The largest absolute Gasteiger partial charge is 0.370 e. The summed E-state index contributed by atoms with van der Waals surface area (Å²) in [7, 11) is 0. The Labute approximate surface area is 569 Å². The maximum atomic E-state index is 15.1. The molecule has 1 aliphatic carbocycles. The molecule has 22 N–H and O–H groups in total. The van der Waals surface area contributed by atoms with Crippen molar-refractivity contribution in [2.75, 3.05) is 44.7 Å². The van der Waals surface area contributed by atoms with Crippen LogP contribution in [0.15, 0.2) is 59.6 Å². The second kappa shape index (κ2) is 40.0. The van der Waals surface area contributed by atoms with Crippen LogP contribution in [0.1, 0.15) is 139 Å². The number of benzene rings is 2. The molecule has 2 aromatic rings. The molecular weight excluding hydrogens is 1270 g/mol. The number of unbranched alkanes of at least 4 members (excludes halogenated alkanes) is 1. The number of carbonyl (C=O) groups is 13. The molecule has 11 atom stereocenters. The van der Waals surface area contributed by atoms with Crippen LogP contribution in [0.25, 0.3) is 0 Å². The smallest absolute Gasteiger partial charge is 0.245 e. The molecular formula is C65H100N18O13S. The van der Waals surface area contributed by atoms with Crippen LogP contribution in [0.3, 0.4) is 0 Å². The number of nitrogens with two attached hydrogens (primary N) is 7. The molecule has 2 saturated heterocycles. The molecule has 32 heteroatoms. The van der Waals surface area contributed by atoms with E-state index >= 15 is 4.79 Å². The Hall–Kier alpha value is -8.91. The molecule has 0 spiro atoms. The van der Waals surface area contributed by atoms with Crippen LogP contribution in [0.4, 0.5) is 0 Å². The van der Waals surface area contributed by atoms with Crippen molar-refractivity contribution >= 4 is 94.5 Å². The van der Waals surface area contributed by atoms with Gasteiger partial charge in [0.25, 0.3) is 0 Å². The molecule has 3 aliphatic rings. The summed E-state index contributed by atoms with van der Waals surface area (Å²) in [6.45, 7) is 3.89. The van der Waals surface area contributed by atoms with Gasteiger partial charge in [-0.25, -0.2) is 0 Å². The normalized spacial score (nSPS) is 18.1. The van der Waals surface area contributed by atoms with Crippen LogP contribution in [-0.2, 0) is 75.2 Å². The number of carbonyl (C=O) groups excluding carboxylic acids is 13. The number of nitrogens with one attached hydrogen (secondary N) is 8. The molecule has 0 unspecified atom stereocenters. The van der Waals surface area contributed by atoms with Gasteiger partial charge in [0.1, 0.15) is 54.4 Å². The highest BCUT2D eigenvalue weighted by Gasteiger charge is 2.43.